The molecule has 0 radical (unpaired) electrons. The van der Waals surface area contributed by atoms with Crippen LogP contribution in [0.15, 0.2) is 24.3 Å². The molecule has 0 bridgehead atoms. The van der Waals surface area contributed by atoms with Crippen LogP contribution in [-0.4, -0.2) is 19.6 Å². The minimum atomic E-state index is 0.205. The lowest BCUT2D eigenvalue weighted by molar-refractivity contribution is 0.377. The van der Waals surface area contributed by atoms with Gasteiger partial charge in [0.2, 0.25) is 0 Å². The first-order valence-corrected chi connectivity index (χ1v) is 6.60. The number of benzene rings is 1. The minimum absolute atomic E-state index is 0.205. The third kappa shape index (κ3) is 3.30. The highest BCUT2D eigenvalue weighted by atomic mass is 14.9. The highest BCUT2D eigenvalue weighted by molar-refractivity contribution is 5.27. The Labute approximate surface area is 105 Å². The van der Waals surface area contributed by atoms with Crippen molar-refractivity contribution in [1.29, 1.82) is 0 Å². The van der Waals surface area contributed by atoms with Gasteiger partial charge in [-0.2, -0.15) is 0 Å². The molecule has 1 heterocycles. The van der Waals surface area contributed by atoms with Gasteiger partial charge in [0.25, 0.3) is 0 Å². The third-order valence-corrected chi connectivity index (χ3v) is 3.75. The molecule has 2 nitrogen and oxygen atoms in total. The zero-order valence-electron chi connectivity index (χ0n) is 11.0. The van der Waals surface area contributed by atoms with Crippen molar-refractivity contribution in [3.63, 3.8) is 0 Å². The highest BCUT2D eigenvalue weighted by Crippen LogP contribution is 2.25. The molecule has 0 aliphatic carbocycles. The van der Waals surface area contributed by atoms with Gasteiger partial charge in [0.1, 0.15) is 0 Å². The summed E-state index contributed by atoms with van der Waals surface area (Å²) in [5, 5.41) is 3.42. The van der Waals surface area contributed by atoms with Crippen LogP contribution in [0.4, 0.5) is 0 Å². The molecule has 1 aliphatic rings. The van der Waals surface area contributed by atoms with E-state index in [1.54, 1.807) is 0 Å². The lowest BCUT2D eigenvalue weighted by Gasteiger charge is -2.22. The Morgan fingerprint density at radius 3 is 2.53 bits per heavy atom. The van der Waals surface area contributed by atoms with Crippen molar-refractivity contribution in [2.75, 3.05) is 19.6 Å². The fourth-order valence-electron chi connectivity index (χ4n) is 2.47. The van der Waals surface area contributed by atoms with E-state index < -0.39 is 0 Å². The van der Waals surface area contributed by atoms with Crippen LogP contribution in [0.3, 0.4) is 0 Å². The molecule has 1 aliphatic heterocycles. The average molecular weight is 232 g/mol. The van der Waals surface area contributed by atoms with E-state index in [0.29, 0.717) is 5.92 Å². The molecule has 0 spiro atoms. The van der Waals surface area contributed by atoms with E-state index >= 15 is 0 Å². The van der Waals surface area contributed by atoms with Gasteiger partial charge in [0, 0.05) is 6.54 Å². The summed E-state index contributed by atoms with van der Waals surface area (Å²) < 4.78 is 0. The summed E-state index contributed by atoms with van der Waals surface area (Å²) in [5.74, 6) is 0.714. The summed E-state index contributed by atoms with van der Waals surface area (Å²) in [6, 6.07) is 9.12. The molecule has 1 unspecified atom stereocenters. The molecule has 1 saturated heterocycles. The predicted octanol–water partition coefficient (Wildman–Crippen LogP) is 2.29. The number of hydrogen-bond donors (Lipinski definition) is 2. The van der Waals surface area contributed by atoms with E-state index in [0.717, 1.165) is 26.1 Å². The summed E-state index contributed by atoms with van der Waals surface area (Å²) in [7, 11) is 0. The van der Waals surface area contributed by atoms with E-state index in [1.807, 2.05) is 0 Å². The molecule has 0 amide bonds. The van der Waals surface area contributed by atoms with Crippen LogP contribution in [0.1, 0.15) is 37.3 Å². The van der Waals surface area contributed by atoms with Crippen LogP contribution in [0.5, 0.6) is 0 Å². The quantitative estimate of drug-likeness (QED) is 0.836. The maximum absolute atomic E-state index is 5.78. The summed E-state index contributed by atoms with van der Waals surface area (Å²) in [5.41, 5.74) is 8.85. The standard InChI is InChI=1S/C15H24N2/c1-15(2,11-16)9-12-3-5-13(6-4-12)14-7-8-17-10-14/h3-6,14,17H,7-11,16H2,1-2H3. The SMILES string of the molecule is CC(C)(CN)Cc1ccc(C2CCNC2)cc1. The van der Waals surface area contributed by atoms with Crippen molar-refractivity contribution in [2.45, 2.75) is 32.6 Å². The van der Waals surface area contributed by atoms with E-state index in [4.69, 9.17) is 5.73 Å². The molecule has 1 atom stereocenters. The van der Waals surface area contributed by atoms with Crippen molar-refractivity contribution in [2.24, 2.45) is 11.1 Å². The second-order valence-corrected chi connectivity index (χ2v) is 5.98. The fourth-order valence-corrected chi connectivity index (χ4v) is 2.47. The minimum Gasteiger partial charge on any atom is -0.330 e. The molecule has 0 saturated carbocycles. The monoisotopic (exact) mass is 232 g/mol. The van der Waals surface area contributed by atoms with Crippen LogP contribution in [0.2, 0.25) is 0 Å². The Morgan fingerprint density at radius 1 is 1.29 bits per heavy atom. The van der Waals surface area contributed by atoms with Gasteiger partial charge < -0.3 is 11.1 Å². The van der Waals surface area contributed by atoms with E-state index in [2.05, 4.69) is 43.4 Å². The molecule has 0 aromatic heterocycles. The second-order valence-electron chi connectivity index (χ2n) is 5.98. The Bertz CT molecular complexity index is 348. The molecular formula is C15H24N2. The van der Waals surface area contributed by atoms with Gasteiger partial charge in [-0.25, -0.2) is 0 Å². The average Bonchev–Trinajstić information content (AvgIpc) is 2.83. The molecule has 2 heteroatoms. The smallest absolute Gasteiger partial charge is 0.00206 e. The fraction of sp³-hybridized carbons (Fsp3) is 0.600. The van der Waals surface area contributed by atoms with Gasteiger partial charge >= 0.3 is 0 Å². The summed E-state index contributed by atoms with van der Waals surface area (Å²) in [6.45, 7) is 7.48. The van der Waals surface area contributed by atoms with Crippen molar-refractivity contribution in [1.82, 2.24) is 5.32 Å². The zero-order chi connectivity index (χ0) is 12.3. The second kappa shape index (κ2) is 5.19. The van der Waals surface area contributed by atoms with E-state index in [-0.39, 0.29) is 5.41 Å². The van der Waals surface area contributed by atoms with Gasteiger partial charge in [-0.1, -0.05) is 38.1 Å². The van der Waals surface area contributed by atoms with Gasteiger partial charge in [-0.3, -0.25) is 0 Å². The summed E-state index contributed by atoms with van der Waals surface area (Å²) in [6.07, 6.45) is 2.33. The third-order valence-electron chi connectivity index (χ3n) is 3.75. The van der Waals surface area contributed by atoms with Gasteiger partial charge in [-0.05, 0) is 48.4 Å². The largest absolute Gasteiger partial charge is 0.330 e. The normalized spacial score (nSPS) is 20.8. The van der Waals surface area contributed by atoms with Crippen molar-refractivity contribution in [3.05, 3.63) is 35.4 Å². The topological polar surface area (TPSA) is 38.0 Å². The Morgan fingerprint density at radius 2 is 2.00 bits per heavy atom. The molecule has 2 rings (SSSR count). The molecule has 1 fully saturated rings. The van der Waals surface area contributed by atoms with E-state index in [9.17, 15) is 0 Å². The first-order valence-electron chi connectivity index (χ1n) is 6.60. The molecular weight excluding hydrogens is 208 g/mol. The first-order chi connectivity index (χ1) is 8.11. The Kier molecular flexibility index (Phi) is 3.85. The van der Waals surface area contributed by atoms with E-state index in [1.165, 1.54) is 17.5 Å². The number of hydrogen-bond acceptors (Lipinski definition) is 2. The summed E-state index contributed by atoms with van der Waals surface area (Å²) >= 11 is 0. The predicted molar refractivity (Wildman–Crippen MR) is 73.2 cm³/mol. The number of nitrogens with two attached hydrogens (primary N) is 1. The molecule has 1 aromatic rings. The molecule has 3 N–H and O–H groups in total. The molecule has 17 heavy (non-hydrogen) atoms. The number of rotatable bonds is 4. The molecule has 1 aromatic carbocycles. The van der Waals surface area contributed by atoms with Crippen molar-refractivity contribution < 1.29 is 0 Å². The Hall–Kier alpha value is -0.860. The maximum Gasteiger partial charge on any atom is 0.00206 e. The lowest BCUT2D eigenvalue weighted by Crippen LogP contribution is -2.25. The van der Waals surface area contributed by atoms with Crippen LogP contribution in [0.25, 0.3) is 0 Å². The molecule has 94 valence electrons. The Balaban J connectivity index is 2.02. The van der Waals surface area contributed by atoms with Crippen LogP contribution in [0, 0.1) is 5.41 Å². The van der Waals surface area contributed by atoms with Crippen LogP contribution in [-0.2, 0) is 6.42 Å². The first kappa shape index (κ1) is 12.6. The van der Waals surface area contributed by atoms with Gasteiger partial charge in [0.15, 0.2) is 0 Å². The van der Waals surface area contributed by atoms with Gasteiger partial charge in [-0.15, -0.1) is 0 Å². The highest BCUT2D eigenvalue weighted by Gasteiger charge is 2.18. The van der Waals surface area contributed by atoms with Crippen LogP contribution >= 0.6 is 0 Å². The maximum atomic E-state index is 5.78. The van der Waals surface area contributed by atoms with Crippen molar-refractivity contribution in [3.8, 4) is 0 Å². The summed E-state index contributed by atoms with van der Waals surface area (Å²) in [4.78, 5) is 0. The lowest BCUT2D eigenvalue weighted by atomic mass is 9.85. The number of nitrogens with one attached hydrogen (secondary N) is 1. The van der Waals surface area contributed by atoms with Gasteiger partial charge in [0.05, 0.1) is 0 Å². The van der Waals surface area contributed by atoms with Crippen LogP contribution < -0.4 is 11.1 Å². The zero-order valence-corrected chi connectivity index (χ0v) is 11.0. The van der Waals surface area contributed by atoms with Crippen molar-refractivity contribution >= 4 is 0 Å².